The van der Waals surface area contributed by atoms with Gasteiger partial charge in [-0.2, -0.15) is 21.6 Å². The molecule has 0 N–H and O–H groups in total. The Morgan fingerprint density at radius 1 is 0.591 bits per heavy atom. The highest BCUT2D eigenvalue weighted by Gasteiger charge is 2.58. The van der Waals surface area contributed by atoms with Crippen LogP contribution in [0.2, 0.25) is 0 Å². The highest BCUT2D eigenvalue weighted by Crippen LogP contribution is 2.48. The number of aromatic nitrogens is 4. The molecular weight excluding hydrogens is 868 g/mol. The summed E-state index contributed by atoms with van der Waals surface area (Å²) < 4.78 is 99.6. The van der Waals surface area contributed by atoms with E-state index in [-0.39, 0.29) is 17.8 Å². The lowest BCUT2D eigenvalue weighted by Gasteiger charge is -2.41. The van der Waals surface area contributed by atoms with E-state index >= 15 is 0 Å². The highest BCUT2D eigenvalue weighted by atomic mass is 32.2. The standard InChI is InChI=1S/C51H44F3N5O6S/c1-58(2)46-43-47(56-34-55-46)59(35-57-43)48-45(65-66(60,61)51(52,53)54)44(64-50(39-27-15-6-16-28-39,40-29-17-7-18-30-40)41-31-19-8-20-32-41)42(63-48)33-62-49(36-21-9-3-10-22-36,37-23-11-4-12-24-37)38-25-13-5-14-26-38/h3-32,34-35,42,44-45,48H,33H2,1-2H3/t42-,44-,45-,48-/m1/s1. The van der Waals surface area contributed by atoms with E-state index in [0.29, 0.717) is 22.5 Å². The molecule has 0 spiro atoms. The SMILES string of the molecule is CN(C)c1ncnc2c1ncn2[C@@H]1O[C@H](COC(c2ccccc2)(c2ccccc2)c2ccccc2)[C@@H](OC(c2ccccc2)(c2ccccc2)c2ccccc2)[C@H]1OS(=O)(=O)C(F)(F)F. The quantitative estimate of drug-likeness (QED) is 0.0560. The van der Waals surface area contributed by atoms with Gasteiger partial charge in [-0.3, -0.25) is 8.75 Å². The number of rotatable bonds is 15. The van der Waals surface area contributed by atoms with Crippen molar-refractivity contribution in [2.75, 3.05) is 25.6 Å². The molecule has 0 radical (unpaired) electrons. The lowest BCUT2D eigenvalue weighted by molar-refractivity contribution is -0.131. The Kier molecular flexibility index (Phi) is 12.3. The number of anilines is 1. The molecule has 0 saturated carbocycles. The number of imidazole rings is 1. The van der Waals surface area contributed by atoms with Crippen molar-refractivity contribution in [2.24, 2.45) is 0 Å². The monoisotopic (exact) mass is 911 g/mol. The summed E-state index contributed by atoms with van der Waals surface area (Å²) in [5.74, 6) is 0.402. The molecular formula is C51H44F3N5O6S. The number of hydrogen-bond acceptors (Lipinski definition) is 10. The molecule has 11 nitrogen and oxygen atoms in total. The first-order valence-corrected chi connectivity index (χ1v) is 22.5. The summed E-state index contributed by atoms with van der Waals surface area (Å²) in [5.41, 5.74) is -4.37. The van der Waals surface area contributed by atoms with Gasteiger partial charge < -0.3 is 19.1 Å². The van der Waals surface area contributed by atoms with Crippen molar-refractivity contribution in [1.82, 2.24) is 19.5 Å². The molecule has 1 aliphatic heterocycles. The van der Waals surface area contributed by atoms with Crippen LogP contribution in [0.25, 0.3) is 11.2 Å². The van der Waals surface area contributed by atoms with Crippen molar-refractivity contribution in [3.05, 3.63) is 228 Å². The number of fused-ring (bicyclic) bond motifs is 1. The molecule has 0 aliphatic carbocycles. The molecule has 1 fully saturated rings. The van der Waals surface area contributed by atoms with Crippen molar-refractivity contribution in [3.8, 4) is 0 Å². The van der Waals surface area contributed by atoms with E-state index in [9.17, 15) is 21.6 Å². The third-order valence-corrected chi connectivity index (χ3v) is 12.7. The Hall–Kier alpha value is -6.75. The van der Waals surface area contributed by atoms with Crippen molar-refractivity contribution in [1.29, 1.82) is 0 Å². The van der Waals surface area contributed by atoms with Crippen molar-refractivity contribution >= 4 is 27.1 Å². The number of halogens is 3. The minimum absolute atomic E-state index is 0.143. The predicted molar refractivity (Wildman–Crippen MR) is 243 cm³/mol. The Bertz CT molecular complexity index is 2780. The zero-order valence-corrected chi connectivity index (χ0v) is 36.5. The summed E-state index contributed by atoms with van der Waals surface area (Å²) in [7, 11) is -2.83. The first kappa shape index (κ1) is 44.5. The first-order chi connectivity index (χ1) is 31.9. The van der Waals surface area contributed by atoms with Crippen LogP contribution in [0.1, 0.15) is 39.6 Å². The Morgan fingerprint density at radius 2 is 1.00 bits per heavy atom. The first-order valence-electron chi connectivity index (χ1n) is 21.1. The number of nitrogens with zero attached hydrogens (tertiary/aromatic N) is 5. The lowest BCUT2D eigenvalue weighted by atomic mass is 9.79. The van der Waals surface area contributed by atoms with Gasteiger partial charge in [-0.1, -0.05) is 182 Å². The van der Waals surface area contributed by atoms with Crippen LogP contribution < -0.4 is 4.90 Å². The van der Waals surface area contributed by atoms with E-state index < -0.39 is 51.4 Å². The Morgan fingerprint density at radius 3 is 1.39 bits per heavy atom. The van der Waals surface area contributed by atoms with Crippen molar-refractivity contribution in [2.45, 2.75) is 41.3 Å². The van der Waals surface area contributed by atoms with Crippen LogP contribution in [0.3, 0.4) is 0 Å². The highest BCUT2D eigenvalue weighted by molar-refractivity contribution is 7.87. The van der Waals surface area contributed by atoms with E-state index in [1.54, 1.807) is 19.0 Å². The van der Waals surface area contributed by atoms with Gasteiger partial charge in [0.1, 0.15) is 29.7 Å². The molecule has 3 heterocycles. The van der Waals surface area contributed by atoms with Crippen LogP contribution in [0.5, 0.6) is 0 Å². The van der Waals surface area contributed by atoms with Gasteiger partial charge in [-0.25, -0.2) is 15.0 Å². The van der Waals surface area contributed by atoms with Gasteiger partial charge in [-0.05, 0) is 33.4 Å². The van der Waals surface area contributed by atoms with E-state index in [4.69, 9.17) is 18.4 Å². The maximum Gasteiger partial charge on any atom is 0.523 e. The van der Waals surface area contributed by atoms with Crippen LogP contribution in [0.4, 0.5) is 19.0 Å². The van der Waals surface area contributed by atoms with Crippen LogP contribution in [-0.4, -0.2) is 72.5 Å². The van der Waals surface area contributed by atoms with Crippen LogP contribution in [-0.2, 0) is 39.7 Å². The van der Waals surface area contributed by atoms with Crippen LogP contribution in [0, 0.1) is 0 Å². The molecule has 4 atom stereocenters. The maximum atomic E-state index is 14.7. The van der Waals surface area contributed by atoms with Gasteiger partial charge in [0.25, 0.3) is 0 Å². The Balaban J connectivity index is 1.29. The average molecular weight is 912 g/mol. The van der Waals surface area contributed by atoms with Crippen LogP contribution >= 0.6 is 0 Å². The number of hydrogen-bond donors (Lipinski definition) is 0. The van der Waals surface area contributed by atoms with E-state index in [2.05, 4.69) is 15.0 Å². The van der Waals surface area contributed by atoms with Crippen LogP contribution in [0.15, 0.2) is 195 Å². The lowest BCUT2D eigenvalue weighted by Crippen LogP contribution is -2.48. The molecule has 0 amide bonds. The van der Waals surface area contributed by atoms with Gasteiger partial charge in [0.15, 0.2) is 29.3 Å². The minimum Gasteiger partial charge on any atom is -0.361 e. The van der Waals surface area contributed by atoms with Crippen molar-refractivity contribution in [3.63, 3.8) is 0 Å². The second-order valence-electron chi connectivity index (χ2n) is 15.9. The molecule has 1 aliphatic rings. The maximum absolute atomic E-state index is 14.7. The van der Waals surface area contributed by atoms with Gasteiger partial charge in [0, 0.05) is 14.1 Å². The second kappa shape index (κ2) is 18.3. The second-order valence-corrected chi connectivity index (χ2v) is 17.5. The van der Waals surface area contributed by atoms with Gasteiger partial charge in [-0.15, -0.1) is 0 Å². The molecule has 336 valence electrons. The molecule has 15 heteroatoms. The predicted octanol–water partition coefficient (Wildman–Crippen LogP) is 9.41. The number of benzene rings is 6. The number of ether oxygens (including phenoxy) is 3. The molecule has 8 aromatic rings. The van der Waals surface area contributed by atoms with Gasteiger partial charge >= 0.3 is 15.6 Å². The summed E-state index contributed by atoms with van der Waals surface area (Å²) in [6.45, 7) is -0.370. The summed E-state index contributed by atoms with van der Waals surface area (Å²) in [6, 6.07) is 56.1. The molecule has 0 unspecified atom stereocenters. The molecule has 1 saturated heterocycles. The fraction of sp³-hybridized carbons (Fsp3) is 0.196. The summed E-state index contributed by atoms with van der Waals surface area (Å²) in [6.07, 6.45) is -4.07. The third kappa shape index (κ3) is 8.13. The topological polar surface area (TPSA) is 118 Å². The third-order valence-electron chi connectivity index (χ3n) is 11.7. The minimum atomic E-state index is -6.33. The molecule has 2 aromatic heterocycles. The molecule has 66 heavy (non-hydrogen) atoms. The normalized spacial score (nSPS) is 18.1. The summed E-state index contributed by atoms with van der Waals surface area (Å²) in [4.78, 5) is 15.1. The summed E-state index contributed by atoms with van der Waals surface area (Å²) >= 11 is 0. The zero-order valence-electron chi connectivity index (χ0n) is 35.7. The van der Waals surface area contributed by atoms with Gasteiger partial charge in [0.2, 0.25) is 0 Å². The fourth-order valence-electron chi connectivity index (χ4n) is 8.77. The van der Waals surface area contributed by atoms with Gasteiger partial charge in [0.05, 0.1) is 12.9 Å². The largest absolute Gasteiger partial charge is 0.523 e. The smallest absolute Gasteiger partial charge is 0.361 e. The van der Waals surface area contributed by atoms with Crippen molar-refractivity contribution < 1.29 is 40.0 Å². The molecule has 9 rings (SSSR count). The molecule has 6 aromatic carbocycles. The summed E-state index contributed by atoms with van der Waals surface area (Å²) in [5, 5.41) is 0. The van der Waals surface area contributed by atoms with E-state index in [1.807, 2.05) is 182 Å². The average Bonchev–Trinajstić information content (AvgIpc) is 3.92. The van der Waals surface area contributed by atoms with E-state index in [1.165, 1.54) is 17.2 Å². The van der Waals surface area contributed by atoms with E-state index in [0.717, 1.165) is 16.7 Å². The fourth-order valence-corrected chi connectivity index (χ4v) is 9.37. The molecule has 0 bridgehead atoms. The zero-order chi connectivity index (χ0) is 45.9. The number of alkyl halides is 3. The Labute approximate surface area is 380 Å².